The van der Waals surface area contributed by atoms with Crippen LogP contribution in [0.15, 0.2) is 0 Å². The molecule has 0 aromatic heterocycles. The van der Waals surface area contributed by atoms with Gasteiger partial charge in [-0.25, -0.2) is 0 Å². The van der Waals surface area contributed by atoms with Crippen LogP contribution in [0.5, 0.6) is 0 Å². The van der Waals surface area contributed by atoms with E-state index in [1.807, 2.05) is 13.8 Å². The van der Waals surface area contributed by atoms with Crippen LogP contribution < -0.4 is 10.6 Å². The lowest BCUT2D eigenvalue weighted by Gasteiger charge is -2.46. The number of hydrogen-bond donors (Lipinski definition) is 4. The molecule has 142 valence electrons. The topological polar surface area (TPSA) is 98.7 Å². The van der Waals surface area contributed by atoms with Crippen LogP contribution in [0.3, 0.4) is 0 Å². The predicted molar refractivity (Wildman–Crippen MR) is 95.3 cm³/mol. The summed E-state index contributed by atoms with van der Waals surface area (Å²) in [6.45, 7) is 7.57. The van der Waals surface area contributed by atoms with Crippen LogP contribution in [0.25, 0.3) is 0 Å². The van der Waals surface area contributed by atoms with Gasteiger partial charge in [0.15, 0.2) is 5.72 Å². The smallest absolute Gasteiger partial charge is 0.231 e. The van der Waals surface area contributed by atoms with Crippen LogP contribution >= 0.6 is 0 Å². The van der Waals surface area contributed by atoms with Gasteiger partial charge in [0.2, 0.25) is 11.8 Å². The molecule has 0 aromatic rings. The first-order valence-electron chi connectivity index (χ1n) is 9.23. The lowest BCUT2D eigenvalue weighted by molar-refractivity contribution is -0.167. The van der Waals surface area contributed by atoms with E-state index in [2.05, 4.69) is 10.6 Å². The summed E-state index contributed by atoms with van der Waals surface area (Å²) >= 11 is 0. The molecule has 24 heavy (non-hydrogen) atoms. The van der Waals surface area contributed by atoms with Gasteiger partial charge in [-0.15, -0.1) is 0 Å². The Labute approximate surface area is 146 Å². The standard InChI is InChI=1S/C18H36N2O4/c1-5-8-11-17(12-9-6-2,16(23)19-13-10-14-21)18(24,7-3)20-15(4)22/h21,24H,5-14H2,1-4H3,(H,19,23)(H,20,22). The number of hydrogen-bond acceptors (Lipinski definition) is 4. The van der Waals surface area contributed by atoms with Crippen molar-refractivity contribution in [2.24, 2.45) is 5.41 Å². The van der Waals surface area contributed by atoms with Crippen LogP contribution in [0.2, 0.25) is 0 Å². The Morgan fingerprint density at radius 1 is 1.00 bits per heavy atom. The van der Waals surface area contributed by atoms with Crippen LogP contribution in [0.4, 0.5) is 0 Å². The number of amides is 2. The highest BCUT2D eigenvalue weighted by atomic mass is 16.3. The van der Waals surface area contributed by atoms with Crippen molar-refractivity contribution in [2.75, 3.05) is 13.2 Å². The fraction of sp³-hybridized carbons (Fsp3) is 0.889. The molecule has 0 aromatic carbocycles. The Bertz CT molecular complexity index is 379. The summed E-state index contributed by atoms with van der Waals surface area (Å²) in [4.78, 5) is 24.7. The fourth-order valence-electron chi connectivity index (χ4n) is 3.20. The molecule has 0 saturated carbocycles. The van der Waals surface area contributed by atoms with Crippen molar-refractivity contribution in [1.82, 2.24) is 10.6 Å². The SMILES string of the molecule is CCCCC(CCCC)(C(=O)NCCCO)C(O)(CC)NC(C)=O. The molecule has 2 amide bonds. The summed E-state index contributed by atoms with van der Waals surface area (Å²) in [5.74, 6) is -0.587. The zero-order valence-corrected chi connectivity index (χ0v) is 15.8. The predicted octanol–water partition coefficient (Wildman–Crippen LogP) is 2.09. The summed E-state index contributed by atoms with van der Waals surface area (Å²) in [7, 11) is 0. The van der Waals surface area contributed by atoms with Crippen molar-refractivity contribution < 1.29 is 19.8 Å². The Morgan fingerprint density at radius 2 is 1.54 bits per heavy atom. The molecule has 6 nitrogen and oxygen atoms in total. The second-order valence-electron chi connectivity index (χ2n) is 6.52. The minimum Gasteiger partial charge on any atom is -0.396 e. The van der Waals surface area contributed by atoms with Gasteiger partial charge in [0.25, 0.3) is 0 Å². The third-order valence-electron chi connectivity index (χ3n) is 4.66. The van der Waals surface area contributed by atoms with Gasteiger partial charge in [0.1, 0.15) is 0 Å². The van der Waals surface area contributed by atoms with E-state index < -0.39 is 11.1 Å². The maximum absolute atomic E-state index is 13.0. The summed E-state index contributed by atoms with van der Waals surface area (Å²) in [5.41, 5.74) is -2.64. The van der Waals surface area contributed by atoms with Gasteiger partial charge in [-0.05, 0) is 25.7 Å². The minimum atomic E-state index is -1.58. The number of aliphatic hydroxyl groups is 2. The summed E-state index contributed by atoms with van der Waals surface area (Å²) in [6, 6.07) is 0. The molecule has 1 atom stereocenters. The number of carbonyl (C=O) groups excluding carboxylic acids is 2. The van der Waals surface area contributed by atoms with Crippen LogP contribution in [-0.2, 0) is 9.59 Å². The highest BCUT2D eigenvalue weighted by molar-refractivity contribution is 5.85. The summed E-state index contributed by atoms with van der Waals surface area (Å²) in [6.07, 6.45) is 5.13. The van der Waals surface area contributed by atoms with Gasteiger partial charge in [-0.3, -0.25) is 9.59 Å². The second kappa shape index (κ2) is 11.4. The maximum atomic E-state index is 13.0. The molecule has 6 heteroatoms. The number of carbonyl (C=O) groups is 2. The molecular weight excluding hydrogens is 308 g/mol. The highest BCUT2D eigenvalue weighted by Gasteiger charge is 2.54. The molecule has 0 spiro atoms. The normalized spacial score (nSPS) is 14.1. The average Bonchev–Trinajstić information content (AvgIpc) is 2.54. The van der Waals surface area contributed by atoms with Gasteiger partial charge >= 0.3 is 0 Å². The number of aliphatic hydroxyl groups excluding tert-OH is 1. The Balaban J connectivity index is 5.75. The minimum absolute atomic E-state index is 0.000934. The third-order valence-corrected chi connectivity index (χ3v) is 4.66. The molecule has 0 aliphatic heterocycles. The molecule has 0 bridgehead atoms. The van der Waals surface area contributed by atoms with Crippen LogP contribution in [-0.4, -0.2) is 40.9 Å². The van der Waals surface area contributed by atoms with Gasteiger partial charge in [-0.2, -0.15) is 0 Å². The monoisotopic (exact) mass is 344 g/mol. The first kappa shape index (κ1) is 22.9. The van der Waals surface area contributed by atoms with Crippen LogP contribution in [0, 0.1) is 5.41 Å². The molecule has 0 aliphatic rings. The number of unbranched alkanes of at least 4 members (excludes halogenated alkanes) is 2. The van der Waals surface area contributed by atoms with Crippen molar-refractivity contribution in [3.63, 3.8) is 0 Å². The first-order valence-corrected chi connectivity index (χ1v) is 9.23. The second-order valence-corrected chi connectivity index (χ2v) is 6.52. The van der Waals surface area contributed by atoms with E-state index >= 15 is 0 Å². The Hall–Kier alpha value is -1.14. The molecule has 0 fully saturated rings. The van der Waals surface area contributed by atoms with E-state index in [0.717, 1.165) is 25.7 Å². The van der Waals surface area contributed by atoms with E-state index in [1.54, 1.807) is 6.92 Å². The zero-order valence-electron chi connectivity index (χ0n) is 15.8. The molecule has 0 saturated heterocycles. The Morgan fingerprint density at radius 3 is 1.92 bits per heavy atom. The van der Waals surface area contributed by atoms with Crippen LogP contribution in [0.1, 0.15) is 79.1 Å². The van der Waals surface area contributed by atoms with Gasteiger partial charge in [0.05, 0.1) is 5.41 Å². The lowest BCUT2D eigenvalue weighted by Crippen LogP contribution is -2.65. The van der Waals surface area contributed by atoms with Gasteiger partial charge in [0, 0.05) is 20.1 Å². The third kappa shape index (κ3) is 6.06. The van der Waals surface area contributed by atoms with Gasteiger partial charge < -0.3 is 20.8 Å². The quantitative estimate of drug-likeness (QED) is 0.304. The van der Waals surface area contributed by atoms with E-state index in [1.165, 1.54) is 6.92 Å². The summed E-state index contributed by atoms with van der Waals surface area (Å²) < 4.78 is 0. The van der Waals surface area contributed by atoms with Crippen molar-refractivity contribution in [2.45, 2.75) is 84.8 Å². The van der Waals surface area contributed by atoms with Crippen molar-refractivity contribution >= 4 is 11.8 Å². The molecule has 0 aliphatic carbocycles. The highest BCUT2D eigenvalue weighted by Crippen LogP contribution is 2.42. The van der Waals surface area contributed by atoms with Crippen molar-refractivity contribution in [1.29, 1.82) is 0 Å². The fourth-order valence-corrected chi connectivity index (χ4v) is 3.20. The molecule has 0 heterocycles. The Kier molecular flexibility index (Phi) is 10.9. The van der Waals surface area contributed by atoms with Crippen molar-refractivity contribution in [3.05, 3.63) is 0 Å². The number of rotatable bonds is 13. The molecule has 0 radical (unpaired) electrons. The molecule has 4 N–H and O–H groups in total. The van der Waals surface area contributed by atoms with Crippen molar-refractivity contribution in [3.8, 4) is 0 Å². The first-order chi connectivity index (χ1) is 11.3. The largest absolute Gasteiger partial charge is 0.396 e. The summed E-state index contributed by atoms with van der Waals surface area (Å²) in [5, 5.41) is 25.7. The molecule has 1 unspecified atom stereocenters. The van der Waals surface area contributed by atoms with E-state index in [4.69, 9.17) is 5.11 Å². The van der Waals surface area contributed by atoms with E-state index in [-0.39, 0.29) is 24.8 Å². The number of nitrogens with one attached hydrogen (secondary N) is 2. The van der Waals surface area contributed by atoms with E-state index in [9.17, 15) is 14.7 Å². The lowest BCUT2D eigenvalue weighted by atomic mass is 9.67. The molecule has 0 rings (SSSR count). The van der Waals surface area contributed by atoms with E-state index in [0.29, 0.717) is 25.8 Å². The molecular formula is C18H36N2O4. The average molecular weight is 344 g/mol. The maximum Gasteiger partial charge on any atom is 0.231 e. The zero-order chi connectivity index (χ0) is 18.6. The van der Waals surface area contributed by atoms with Gasteiger partial charge in [-0.1, -0.05) is 46.5 Å².